The van der Waals surface area contributed by atoms with Crippen molar-refractivity contribution in [1.29, 1.82) is 0 Å². The number of ether oxygens (including phenoxy) is 2. The molecule has 7 nitrogen and oxygen atoms in total. The summed E-state index contributed by atoms with van der Waals surface area (Å²) in [5, 5.41) is 2.85. The molecule has 0 aliphatic carbocycles. The number of benzene rings is 2. The number of nitrogens with two attached hydrogens (primary N) is 1. The zero-order valence-corrected chi connectivity index (χ0v) is 18.6. The molecule has 0 saturated heterocycles. The monoisotopic (exact) mass is 459 g/mol. The SMILES string of the molecule is CCOc1cc(-c2ccccc2)sc1C(=O)Nc1ccc(Oc2cccc(C(N)=O)c2)nc1. The molecule has 33 heavy (non-hydrogen) atoms. The van der Waals surface area contributed by atoms with Gasteiger partial charge in [-0.05, 0) is 42.8 Å². The third-order valence-electron chi connectivity index (χ3n) is 4.60. The van der Waals surface area contributed by atoms with E-state index in [0.717, 1.165) is 10.4 Å². The first kappa shape index (κ1) is 22.0. The largest absolute Gasteiger partial charge is 0.492 e. The lowest BCUT2D eigenvalue weighted by molar-refractivity contribution is 0.0997. The number of rotatable bonds is 8. The van der Waals surface area contributed by atoms with Crippen molar-refractivity contribution in [2.45, 2.75) is 6.92 Å². The molecule has 0 fully saturated rings. The summed E-state index contributed by atoms with van der Waals surface area (Å²) in [7, 11) is 0. The highest BCUT2D eigenvalue weighted by Crippen LogP contribution is 2.37. The fraction of sp³-hybridized carbons (Fsp3) is 0.0800. The van der Waals surface area contributed by atoms with Gasteiger partial charge in [-0.1, -0.05) is 36.4 Å². The Labute approximate surface area is 194 Å². The molecule has 2 aromatic carbocycles. The van der Waals surface area contributed by atoms with E-state index < -0.39 is 5.91 Å². The van der Waals surface area contributed by atoms with Gasteiger partial charge >= 0.3 is 0 Å². The molecule has 0 bridgehead atoms. The van der Waals surface area contributed by atoms with E-state index in [2.05, 4.69) is 10.3 Å². The average molecular weight is 460 g/mol. The predicted molar refractivity (Wildman–Crippen MR) is 128 cm³/mol. The second kappa shape index (κ2) is 9.97. The van der Waals surface area contributed by atoms with Crippen molar-refractivity contribution < 1.29 is 19.1 Å². The van der Waals surface area contributed by atoms with Crippen LogP contribution in [0.25, 0.3) is 10.4 Å². The molecule has 0 unspecified atom stereocenters. The molecule has 4 aromatic rings. The zero-order valence-electron chi connectivity index (χ0n) is 17.8. The summed E-state index contributed by atoms with van der Waals surface area (Å²) >= 11 is 1.37. The number of nitrogens with zero attached hydrogens (tertiary/aromatic N) is 1. The molecule has 3 N–H and O–H groups in total. The van der Waals surface area contributed by atoms with E-state index in [-0.39, 0.29) is 5.91 Å². The van der Waals surface area contributed by atoms with Gasteiger partial charge in [0.1, 0.15) is 16.4 Å². The summed E-state index contributed by atoms with van der Waals surface area (Å²) in [6.07, 6.45) is 1.50. The minimum Gasteiger partial charge on any atom is -0.492 e. The Morgan fingerprint density at radius 3 is 2.55 bits per heavy atom. The van der Waals surface area contributed by atoms with Gasteiger partial charge in [-0.3, -0.25) is 9.59 Å². The van der Waals surface area contributed by atoms with Crippen LogP contribution in [-0.4, -0.2) is 23.4 Å². The molecular formula is C25H21N3O4S. The molecule has 4 rings (SSSR count). The van der Waals surface area contributed by atoms with Crippen molar-refractivity contribution in [3.63, 3.8) is 0 Å². The minimum atomic E-state index is -0.540. The van der Waals surface area contributed by atoms with Gasteiger partial charge in [0.2, 0.25) is 11.8 Å². The van der Waals surface area contributed by atoms with Crippen LogP contribution in [0.4, 0.5) is 5.69 Å². The molecule has 0 saturated carbocycles. The van der Waals surface area contributed by atoms with Gasteiger partial charge in [-0.25, -0.2) is 4.98 Å². The molecule has 0 atom stereocenters. The summed E-state index contributed by atoms with van der Waals surface area (Å²) in [6.45, 7) is 2.33. The summed E-state index contributed by atoms with van der Waals surface area (Å²) in [4.78, 5) is 29.9. The second-order valence-corrected chi connectivity index (χ2v) is 7.99. The summed E-state index contributed by atoms with van der Waals surface area (Å²) in [6, 6.07) is 21.5. The zero-order chi connectivity index (χ0) is 23.2. The fourth-order valence-corrected chi connectivity index (χ4v) is 4.08. The van der Waals surface area contributed by atoms with Gasteiger partial charge in [0.25, 0.3) is 5.91 Å². The van der Waals surface area contributed by atoms with Crippen LogP contribution in [0.3, 0.4) is 0 Å². The van der Waals surface area contributed by atoms with E-state index in [1.165, 1.54) is 23.6 Å². The van der Waals surface area contributed by atoms with Crippen LogP contribution in [0.15, 0.2) is 79.0 Å². The number of hydrogen-bond donors (Lipinski definition) is 2. The van der Waals surface area contributed by atoms with E-state index in [4.69, 9.17) is 15.2 Å². The van der Waals surface area contributed by atoms with Crippen LogP contribution in [-0.2, 0) is 0 Å². The summed E-state index contributed by atoms with van der Waals surface area (Å²) < 4.78 is 11.4. The Kier molecular flexibility index (Phi) is 6.66. The number of hydrogen-bond acceptors (Lipinski definition) is 6. The number of nitrogens with one attached hydrogen (secondary N) is 1. The van der Waals surface area contributed by atoms with E-state index in [9.17, 15) is 9.59 Å². The fourth-order valence-electron chi connectivity index (χ4n) is 3.08. The Morgan fingerprint density at radius 2 is 1.85 bits per heavy atom. The van der Waals surface area contributed by atoms with Crippen LogP contribution in [0.1, 0.15) is 27.0 Å². The van der Waals surface area contributed by atoms with Gasteiger partial charge in [-0.15, -0.1) is 11.3 Å². The highest BCUT2D eigenvalue weighted by Gasteiger charge is 2.19. The lowest BCUT2D eigenvalue weighted by atomic mass is 10.2. The first-order valence-electron chi connectivity index (χ1n) is 10.2. The van der Waals surface area contributed by atoms with Gasteiger partial charge in [0.15, 0.2) is 0 Å². The maximum atomic E-state index is 12.9. The topological polar surface area (TPSA) is 104 Å². The van der Waals surface area contributed by atoms with E-state index >= 15 is 0 Å². The van der Waals surface area contributed by atoms with Crippen LogP contribution in [0.2, 0.25) is 0 Å². The van der Waals surface area contributed by atoms with Crippen molar-refractivity contribution in [3.05, 3.63) is 89.4 Å². The average Bonchev–Trinajstić information content (AvgIpc) is 3.25. The maximum absolute atomic E-state index is 12.9. The lowest BCUT2D eigenvalue weighted by Crippen LogP contribution is -2.12. The molecule has 0 aliphatic heterocycles. The molecule has 0 radical (unpaired) electrons. The Morgan fingerprint density at radius 1 is 1.03 bits per heavy atom. The Balaban J connectivity index is 1.48. The highest BCUT2D eigenvalue weighted by molar-refractivity contribution is 7.17. The van der Waals surface area contributed by atoms with E-state index in [0.29, 0.717) is 40.1 Å². The molecule has 166 valence electrons. The van der Waals surface area contributed by atoms with E-state index in [1.807, 2.05) is 43.3 Å². The van der Waals surface area contributed by atoms with Crippen molar-refractivity contribution >= 4 is 28.8 Å². The summed E-state index contributed by atoms with van der Waals surface area (Å²) in [5.74, 6) is 0.467. The number of primary amides is 1. The van der Waals surface area contributed by atoms with Crippen LogP contribution >= 0.6 is 11.3 Å². The normalized spacial score (nSPS) is 10.5. The van der Waals surface area contributed by atoms with Crippen LogP contribution in [0, 0.1) is 0 Å². The molecule has 0 aliphatic rings. The van der Waals surface area contributed by atoms with Crippen molar-refractivity contribution in [1.82, 2.24) is 4.98 Å². The Hall–Kier alpha value is -4.17. The number of pyridine rings is 1. The maximum Gasteiger partial charge on any atom is 0.269 e. The minimum absolute atomic E-state index is 0.282. The molecular weight excluding hydrogens is 438 g/mol. The third kappa shape index (κ3) is 5.36. The van der Waals surface area contributed by atoms with Gasteiger partial charge in [0.05, 0.1) is 18.5 Å². The molecule has 2 aromatic heterocycles. The standard InChI is InChI=1S/C25H21N3O4S/c1-2-31-20-14-21(16-7-4-3-5-8-16)33-23(20)25(30)28-18-11-12-22(27-15-18)32-19-10-6-9-17(13-19)24(26)29/h3-15H,2H2,1H3,(H2,26,29)(H,28,30). The smallest absolute Gasteiger partial charge is 0.269 e. The second-order valence-electron chi connectivity index (χ2n) is 6.94. The predicted octanol–water partition coefficient (Wildman–Crippen LogP) is 5.35. The number of amides is 2. The quantitative estimate of drug-likeness (QED) is 0.370. The van der Waals surface area contributed by atoms with Gasteiger partial charge < -0.3 is 20.5 Å². The summed E-state index contributed by atoms with van der Waals surface area (Å²) in [5.41, 5.74) is 7.17. The molecule has 2 amide bonds. The molecule has 0 spiro atoms. The molecule has 8 heteroatoms. The third-order valence-corrected chi connectivity index (χ3v) is 5.76. The van der Waals surface area contributed by atoms with Crippen LogP contribution < -0.4 is 20.5 Å². The number of carbonyl (C=O) groups excluding carboxylic acids is 2. The van der Waals surface area contributed by atoms with Crippen molar-refractivity contribution in [2.24, 2.45) is 5.73 Å². The highest BCUT2D eigenvalue weighted by atomic mass is 32.1. The Bertz CT molecular complexity index is 1270. The molecule has 2 heterocycles. The van der Waals surface area contributed by atoms with E-state index in [1.54, 1.807) is 30.3 Å². The first-order valence-corrected chi connectivity index (χ1v) is 11.0. The number of carbonyl (C=O) groups is 2. The number of aromatic nitrogens is 1. The van der Waals surface area contributed by atoms with Crippen LogP contribution in [0.5, 0.6) is 17.4 Å². The number of anilines is 1. The lowest BCUT2D eigenvalue weighted by Gasteiger charge is -2.08. The number of thiophene rings is 1. The van der Waals surface area contributed by atoms with Crippen molar-refractivity contribution in [2.75, 3.05) is 11.9 Å². The van der Waals surface area contributed by atoms with Gasteiger partial charge in [-0.2, -0.15) is 0 Å². The van der Waals surface area contributed by atoms with Gasteiger partial charge in [0, 0.05) is 16.5 Å². The first-order chi connectivity index (χ1) is 16.0. The van der Waals surface area contributed by atoms with Crippen molar-refractivity contribution in [3.8, 4) is 27.8 Å².